The van der Waals surface area contributed by atoms with Crippen molar-refractivity contribution >= 4 is 21.7 Å². The summed E-state index contributed by atoms with van der Waals surface area (Å²) < 4.78 is 42.2. The summed E-state index contributed by atoms with van der Waals surface area (Å²) in [4.78, 5) is -0.391. The second kappa shape index (κ2) is 5.19. The molecule has 100 valence electrons. The largest absolute Gasteiger partial charge is 0.379 e. The van der Waals surface area contributed by atoms with E-state index in [0.717, 1.165) is 12.1 Å². The summed E-state index contributed by atoms with van der Waals surface area (Å²) in [6.07, 6.45) is 0. The Hall–Kier alpha value is -1.59. The van der Waals surface area contributed by atoms with Crippen LogP contribution in [0.2, 0.25) is 5.02 Å². The van der Waals surface area contributed by atoms with Gasteiger partial charge in [-0.05, 0) is 36.8 Å². The Kier molecular flexibility index (Phi) is 3.78. The lowest BCUT2D eigenvalue weighted by molar-refractivity contribution is 0.483. The van der Waals surface area contributed by atoms with Crippen molar-refractivity contribution in [1.82, 2.24) is 0 Å². The van der Waals surface area contributed by atoms with Crippen LogP contribution in [0.15, 0.2) is 47.4 Å². The highest BCUT2D eigenvalue weighted by molar-refractivity contribution is 7.87. The van der Waals surface area contributed by atoms with Gasteiger partial charge in [-0.2, -0.15) is 8.42 Å². The van der Waals surface area contributed by atoms with Gasteiger partial charge in [0.2, 0.25) is 0 Å². The van der Waals surface area contributed by atoms with E-state index in [2.05, 4.69) is 0 Å². The Balaban J connectivity index is 2.44. The van der Waals surface area contributed by atoms with Crippen molar-refractivity contribution in [2.75, 3.05) is 0 Å². The lowest BCUT2D eigenvalue weighted by atomic mass is 10.2. The fraction of sp³-hybridized carbons (Fsp3) is 0.0769. The number of para-hydroxylation sites is 1. The van der Waals surface area contributed by atoms with Gasteiger partial charge in [0, 0.05) is 0 Å². The minimum Gasteiger partial charge on any atom is -0.379 e. The van der Waals surface area contributed by atoms with Gasteiger partial charge in [-0.15, -0.1) is 0 Å². The highest BCUT2D eigenvalue weighted by Crippen LogP contribution is 2.27. The van der Waals surface area contributed by atoms with Crippen LogP contribution in [-0.2, 0) is 10.1 Å². The molecule has 0 bridgehead atoms. The number of halogens is 2. The van der Waals surface area contributed by atoms with Gasteiger partial charge >= 0.3 is 10.1 Å². The van der Waals surface area contributed by atoms with Crippen LogP contribution in [-0.4, -0.2) is 8.42 Å². The molecular weight excluding hydrogens is 291 g/mol. The summed E-state index contributed by atoms with van der Waals surface area (Å²) in [6, 6.07) is 9.70. The molecule has 19 heavy (non-hydrogen) atoms. The number of hydrogen-bond acceptors (Lipinski definition) is 3. The highest BCUT2D eigenvalue weighted by atomic mass is 35.5. The van der Waals surface area contributed by atoms with Crippen LogP contribution < -0.4 is 4.18 Å². The van der Waals surface area contributed by atoms with Crippen LogP contribution in [0.1, 0.15) is 5.56 Å². The van der Waals surface area contributed by atoms with Gasteiger partial charge < -0.3 is 4.18 Å². The summed E-state index contributed by atoms with van der Waals surface area (Å²) >= 11 is 5.76. The summed E-state index contributed by atoms with van der Waals surface area (Å²) in [5.74, 6) is -0.515. The van der Waals surface area contributed by atoms with E-state index in [9.17, 15) is 12.8 Å². The van der Waals surface area contributed by atoms with Gasteiger partial charge in [-0.25, -0.2) is 4.39 Å². The van der Waals surface area contributed by atoms with E-state index in [1.807, 2.05) is 0 Å². The van der Waals surface area contributed by atoms with E-state index in [-0.39, 0.29) is 10.8 Å². The number of hydrogen-bond donors (Lipinski definition) is 0. The molecule has 2 aromatic carbocycles. The zero-order valence-corrected chi connectivity index (χ0v) is 11.5. The molecule has 0 amide bonds. The molecule has 3 nitrogen and oxygen atoms in total. The molecule has 0 radical (unpaired) electrons. The van der Waals surface area contributed by atoms with Crippen molar-refractivity contribution in [2.24, 2.45) is 0 Å². The molecule has 0 saturated heterocycles. The fourth-order valence-corrected chi connectivity index (χ4v) is 2.96. The zero-order valence-electron chi connectivity index (χ0n) is 9.93. The standard InChI is InChI=1S/C13H10ClFO3S/c1-9-4-2-3-5-12(9)18-19(16,17)13-8-10(15)6-7-11(13)14/h2-8H,1H3. The molecule has 0 atom stereocenters. The minimum atomic E-state index is -4.16. The van der Waals surface area contributed by atoms with Crippen LogP contribution >= 0.6 is 11.6 Å². The van der Waals surface area contributed by atoms with E-state index >= 15 is 0 Å². The molecule has 0 heterocycles. The second-order valence-corrected chi connectivity index (χ2v) is 5.80. The molecule has 6 heteroatoms. The van der Waals surface area contributed by atoms with Gasteiger partial charge in [-0.1, -0.05) is 29.8 Å². The number of aryl methyl sites for hydroxylation is 1. The van der Waals surface area contributed by atoms with Crippen molar-refractivity contribution in [3.05, 3.63) is 58.9 Å². The Morgan fingerprint density at radius 1 is 1.16 bits per heavy atom. The van der Waals surface area contributed by atoms with Crippen molar-refractivity contribution in [3.8, 4) is 5.75 Å². The van der Waals surface area contributed by atoms with Crippen LogP contribution in [0.25, 0.3) is 0 Å². The lowest BCUT2D eigenvalue weighted by Crippen LogP contribution is -2.11. The SMILES string of the molecule is Cc1ccccc1OS(=O)(=O)c1cc(F)ccc1Cl. The first-order valence-electron chi connectivity index (χ1n) is 5.35. The van der Waals surface area contributed by atoms with Crippen LogP contribution in [0, 0.1) is 12.7 Å². The van der Waals surface area contributed by atoms with Crippen molar-refractivity contribution in [2.45, 2.75) is 11.8 Å². The third-order valence-corrected chi connectivity index (χ3v) is 4.17. The molecule has 0 aliphatic heterocycles. The monoisotopic (exact) mass is 300 g/mol. The third kappa shape index (κ3) is 3.05. The van der Waals surface area contributed by atoms with E-state index in [4.69, 9.17) is 15.8 Å². The van der Waals surface area contributed by atoms with Gasteiger partial charge in [-0.3, -0.25) is 0 Å². The second-order valence-electron chi connectivity index (χ2n) is 3.88. The molecule has 2 aromatic rings. The molecule has 0 unspecified atom stereocenters. The molecule has 0 aliphatic carbocycles. The Morgan fingerprint density at radius 3 is 2.53 bits per heavy atom. The van der Waals surface area contributed by atoms with E-state index < -0.39 is 20.8 Å². The predicted octanol–water partition coefficient (Wildman–Crippen LogP) is 3.56. The van der Waals surface area contributed by atoms with Gasteiger partial charge in [0.15, 0.2) is 0 Å². The molecule has 0 saturated carbocycles. The number of benzene rings is 2. The fourth-order valence-electron chi connectivity index (χ4n) is 1.48. The number of rotatable bonds is 3. The zero-order chi connectivity index (χ0) is 14.0. The first kappa shape index (κ1) is 13.8. The maximum atomic E-state index is 13.1. The highest BCUT2D eigenvalue weighted by Gasteiger charge is 2.21. The molecule has 0 N–H and O–H groups in total. The van der Waals surface area contributed by atoms with Gasteiger partial charge in [0.1, 0.15) is 16.5 Å². The van der Waals surface area contributed by atoms with E-state index in [1.54, 1.807) is 25.1 Å². The maximum Gasteiger partial charge on any atom is 0.340 e. The van der Waals surface area contributed by atoms with Gasteiger partial charge in [0.05, 0.1) is 5.02 Å². The lowest BCUT2D eigenvalue weighted by Gasteiger charge is -2.10. The van der Waals surface area contributed by atoms with Crippen molar-refractivity contribution in [1.29, 1.82) is 0 Å². The predicted molar refractivity (Wildman–Crippen MR) is 70.4 cm³/mol. The molecule has 0 aromatic heterocycles. The smallest absolute Gasteiger partial charge is 0.340 e. The topological polar surface area (TPSA) is 43.4 Å². The first-order chi connectivity index (χ1) is 8.90. The van der Waals surface area contributed by atoms with E-state index in [0.29, 0.717) is 5.56 Å². The van der Waals surface area contributed by atoms with Crippen LogP contribution in [0.4, 0.5) is 4.39 Å². The molecule has 0 fully saturated rings. The first-order valence-corrected chi connectivity index (χ1v) is 7.14. The minimum absolute atomic E-state index is 0.0880. The summed E-state index contributed by atoms with van der Waals surface area (Å²) in [6.45, 7) is 1.71. The Bertz CT molecular complexity index is 714. The van der Waals surface area contributed by atoms with Crippen LogP contribution in [0.3, 0.4) is 0 Å². The summed E-state index contributed by atoms with van der Waals surface area (Å²) in [5.41, 5.74) is 0.651. The average Bonchev–Trinajstić information content (AvgIpc) is 2.35. The molecule has 0 spiro atoms. The summed E-state index contributed by atoms with van der Waals surface area (Å²) in [7, 11) is -4.16. The normalized spacial score (nSPS) is 11.3. The van der Waals surface area contributed by atoms with E-state index in [1.165, 1.54) is 12.1 Å². The Morgan fingerprint density at radius 2 is 1.84 bits per heavy atom. The van der Waals surface area contributed by atoms with Gasteiger partial charge in [0.25, 0.3) is 0 Å². The molecule has 2 rings (SSSR count). The van der Waals surface area contributed by atoms with Crippen molar-refractivity contribution < 1.29 is 17.0 Å². The molecular formula is C13H10ClFO3S. The maximum absolute atomic E-state index is 13.1. The summed E-state index contributed by atoms with van der Waals surface area (Å²) in [5, 5.41) is -0.0880. The Labute approximate surface area is 115 Å². The quantitative estimate of drug-likeness (QED) is 0.814. The van der Waals surface area contributed by atoms with Crippen molar-refractivity contribution in [3.63, 3.8) is 0 Å². The average molecular weight is 301 g/mol. The molecule has 0 aliphatic rings. The van der Waals surface area contributed by atoms with Crippen LogP contribution in [0.5, 0.6) is 5.75 Å². The third-order valence-electron chi connectivity index (χ3n) is 2.46.